The maximum absolute atomic E-state index is 12.5. The van der Waals surface area contributed by atoms with E-state index in [1.807, 2.05) is 91.0 Å². The predicted octanol–water partition coefficient (Wildman–Crippen LogP) is 4.44. The molecule has 5 nitrogen and oxygen atoms in total. The lowest BCUT2D eigenvalue weighted by atomic mass is 10.0. The van der Waals surface area contributed by atoms with Crippen LogP contribution in [0.4, 0.5) is 0 Å². The molecule has 5 rings (SSSR count). The van der Waals surface area contributed by atoms with Crippen molar-refractivity contribution in [1.82, 2.24) is 19.7 Å². The Morgan fingerprint density at radius 2 is 1.46 bits per heavy atom. The third kappa shape index (κ3) is 2.70. The number of hydrogen-bond donors (Lipinski definition) is 1. The standard InChI is InChI=1S/C23H16N4O/c28-23-26-25-22(27(23)17-11-5-2-6-12-17)19-15-21(16-9-3-1-4-10-16)24-20-14-8-7-13-18(19)20/h1-15H,(H,26,28). The van der Waals surface area contributed by atoms with E-state index in [-0.39, 0.29) is 5.69 Å². The van der Waals surface area contributed by atoms with Crippen LogP contribution in [0.3, 0.4) is 0 Å². The van der Waals surface area contributed by atoms with Crippen LogP contribution in [0, 0.1) is 0 Å². The molecule has 0 aliphatic rings. The highest BCUT2D eigenvalue weighted by molar-refractivity contribution is 5.95. The Bertz CT molecular complexity index is 1320. The van der Waals surface area contributed by atoms with Gasteiger partial charge in [-0.15, -0.1) is 0 Å². The van der Waals surface area contributed by atoms with Crippen LogP contribution in [0.2, 0.25) is 0 Å². The Morgan fingerprint density at radius 3 is 2.25 bits per heavy atom. The molecule has 0 saturated heterocycles. The Hall–Kier alpha value is -3.99. The molecule has 0 fully saturated rings. The topological polar surface area (TPSA) is 63.6 Å². The zero-order valence-corrected chi connectivity index (χ0v) is 14.9. The number of aromatic amines is 1. The van der Waals surface area contributed by atoms with Crippen molar-refractivity contribution >= 4 is 10.9 Å². The van der Waals surface area contributed by atoms with Gasteiger partial charge in [0.15, 0.2) is 5.82 Å². The zero-order chi connectivity index (χ0) is 18.9. The number of aromatic nitrogens is 4. The molecular weight excluding hydrogens is 348 g/mol. The molecule has 2 aromatic heterocycles. The minimum absolute atomic E-state index is 0.275. The minimum Gasteiger partial charge on any atom is -0.248 e. The molecule has 3 aromatic carbocycles. The van der Waals surface area contributed by atoms with Crippen LogP contribution < -0.4 is 5.69 Å². The maximum Gasteiger partial charge on any atom is 0.348 e. The second-order valence-electron chi connectivity index (χ2n) is 6.46. The van der Waals surface area contributed by atoms with Crippen molar-refractivity contribution < 1.29 is 0 Å². The largest absolute Gasteiger partial charge is 0.348 e. The normalized spacial score (nSPS) is 11.0. The molecule has 134 valence electrons. The number of nitrogens with zero attached hydrogens (tertiary/aromatic N) is 3. The van der Waals surface area contributed by atoms with Gasteiger partial charge in [-0.25, -0.2) is 19.4 Å². The first kappa shape index (κ1) is 16.2. The van der Waals surface area contributed by atoms with Gasteiger partial charge in [0.1, 0.15) is 0 Å². The summed E-state index contributed by atoms with van der Waals surface area (Å²) >= 11 is 0. The van der Waals surface area contributed by atoms with Crippen LogP contribution in [-0.2, 0) is 0 Å². The van der Waals surface area contributed by atoms with Crippen molar-refractivity contribution in [3.63, 3.8) is 0 Å². The molecule has 0 aliphatic carbocycles. The summed E-state index contributed by atoms with van der Waals surface area (Å²) in [6.45, 7) is 0. The van der Waals surface area contributed by atoms with Crippen LogP contribution in [0.5, 0.6) is 0 Å². The van der Waals surface area contributed by atoms with Gasteiger partial charge in [0.05, 0.1) is 16.9 Å². The van der Waals surface area contributed by atoms with Crippen molar-refractivity contribution in [3.8, 4) is 28.3 Å². The summed E-state index contributed by atoms with van der Waals surface area (Å²) in [5, 5.41) is 7.88. The molecular formula is C23H16N4O. The first-order valence-electron chi connectivity index (χ1n) is 9.00. The van der Waals surface area contributed by atoms with E-state index >= 15 is 0 Å². The number of para-hydroxylation sites is 2. The lowest BCUT2D eigenvalue weighted by molar-refractivity contribution is 0.986. The van der Waals surface area contributed by atoms with Crippen molar-refractivity contribution in [2.24, 2.45) is 0 Å². The van der Waals surface area contributed by atoms with Crippen molar-refractivity contribution in [2.45, 2.75) is 0 Å². The summed E-state index contributed by atoms with van der Waals surface area (Å²) < 4.78 is 1.59. The summed E-state index contributed by atoms with van der Waals surface area (Å²) in [5.74, 6) is 0.562. The number of pyridine rings is 1. The summed E-state index contributed by atoms with van der Waals surface area (Å²) in [7, 11) is 0. The van der Waals surface area contributed by atoms with E-state index in [4.69, 9.17) is 4.98 Å². The number of hydrogen-bond acceptors (Lipinski definition) is 3. The highest BCUT2D eigenvalue weighted by atomic mass is 16.1. The second kappa shape index (κ2) is 6.63. The van der Waals surface area contributed by atoms with Gasteiger partial charge in [-0.1, -0.05) is 66.7 Å². The fraction of sp³-hybridized carbons (Fsp3) is 0. The Morgan fingerprint density at radius 1 is 0.786 bits per heavy atom. The third-order valence-corrected chi connectivity index (χ3v) is 4.71. The molecule has 2 heterocycles. The van der Waals surface area contributed by atoms with Gasteiger partial charge in [0, 0.05) is 16.5 Å². The Labute approximate surface area is 160 Å². The number of rotatable bonds is 3. The fourth-order valence-corrected chi connectivity index (χ4v) is 3.41. The molecule has 0 spiro atoms. The fourth-order valence-electron chi connectivity index (χ4n) is 3.41. The molecule has 0 radical (unpaired) electrons. The van der Waals surface area contributed by atoms with Crippen LogP contribution in [0.15, 0.2) is 95.8 Å². The van der Waals surface area contributed by atoms with Gasteiger partial charge in [-0.05, 0) is 24.3 Å². The van der Waals surface area contributed by atoms with Gasteiger partial charge in [0.2, 0.25) is 0 Å². The lowest BCUT2D eigenvalue weighted by Crippen LogP contribution is -2.15. The summed E-state index contributed by atoms with van der Waals surface area (Å²) in [6.07, 6.45) is 0. The van der Waals surface area contributed by atoms with E-state index in [2.05, 4.69) is 10.2 Å². The molecule has 5 heteroatoms. The van der Waals surface area contributed by atoms with E-state index in [0.29, 0.717) is 5.82 Å². The highest BCUT2D eigenvalue weighted by Crippen LogP contribution is 2.31. The van der Waals surface area contributed by atoms with E-state index < -0.39 is 0 Å². The van der Waals surface area contributed by atoms with Crippen LogP contribution >= 0.6 is 0 Å². The second-order valence-corrected chi connectivity index (χ2v) is 6.46. The molecule has 0 bridgehead atoms. The first-order valence-corrected chi connectivity index (χ1v) is 9.00. The molecule has 5 aromatic rings. The molecule has 1 N–H and O–H groups in total. The number of benzene rings is 3. The van der Waals surface area contributed by atoms with E-state index in [0.717, 1.165) is 33.4 Å². The number of nitrogens with one attached hydrogen (secondary N) is 1. The molecule has 0 saturated carbocycles. The molecule has 0 unspecified atom stereocenters. The monoisotopic (exact) mass is 364 g/mol. The van der Waals surface area contributed by atoms with Crippen LogP contribution in [-0.4, -0.2) is 19.7 Å². The van der Waals surface area contributed by atoms with Gasteiger partial charge >= 0.3 is 5.69 Å². The Balaban J connectivity index is 1.82. The maximum atomic E-state index is 12.5. The number of H-pyrrole nitrogens is 1. The van der Waals surface area contributed by atoms with Crippen molar-refractivity contribution in [2.75, 3.05) is 0 Å². The van der Waals surface area contributed by atoms with Gasteiger partial charge in [0.25, 0.3) is 0 Å². The Kier molecular flexibility index (Phi) is 3.84. The molecule has 0 aliphatic heterocycles. The average Bonchev–Trinajstić information content (AvgIpc) is 3.15. The lowest BCUT2D eigenvalue weighted by Gasteiger charge is -2.11. The minimum atomic E-state index is -0.275. The quantitative estimate of drug-likeness (QED) is 0.515. The summed E-state index contributed by atoms with van der Waals surface area (Å²) in [6, 6.07) is 29.4. The zero-order valence-electron chi connectivity index (χ0n) is 14.9. The van der Waals surface area contributed by atoms with Crippen LogP contribution in [0.1, 0.15) is 0 Å². The van der Waals surface area contributed by atoms with Gasteiger partial charge in [-0.2, -0.15) is 5.10 Å². The molecule has 0 atom stereocenters. The van der Waals surface area contributed by atoms with E-state index in [9.17, 15) is 4.79 Å². The molecule has 28 heavy (non-hydrogen) atoms. The smallest absolute Gasteiger partial charge is 0.248 e. The summed E-state index contributed by atoms with van der Waals surface area (Å²) in [5.41, 5.74) is 4.05. The number of fused-ring (bicyclic) bond motifs is 1. The summed E-state index contributed by atoms with van der Waals surface area (Å²) in [4.78, 5) is 17.3. The predicted molar refractivity (Wildman–Crippen MR) is 110 cm³/mol. The van der Waals surface area contributed by atoms with E-state index in [1.165, 1.54) is 0 Å². The average molecular weight is 364 g/mol. The van der Waals surface area contributed by atoms with Crippen molar-refractivity contribution in [1.29, 1.82) is 0 Å². The third-order valence-electron chi connectivity index (χ3n) is 4.71. The van der Waals surface area contributed by atoms with Gasteiger partial charge in [-0.3, -0.25) is 0 Å². The van der Waals surface area contributed by atoms with E-state index in [1.54, 1.807) is 4.57 Å². The van der Waals surface area contributed by atoms with Gasteiger partial charge < -0.3 is 0 Å². The van der Waals surface area contributed by atoms with Crippen molar-refractivity contribution in [3.05, 3.63) is 101 Å². The van der Waals surface area contributed by atoms with Crippen LogP contribution in [0.25, 0.3) is 39.2 Å². The highest BCUT2D eigenvalue weighted by Gasteiger charge is 2.17. The first-order chi connectivity index (χ1) is 13.8. The SMILES string of the molecule is O=c1[nH]nc(-c2cc(-c3ccccc3)nc3ccccc23)n1-c1ccccc1. The molecule has 0 amide bonds.